The highest BCUT2D eigenvalue weighted by Crippen LogP contribution is 2.49. The summed E-state index contributed by atoms with van der Waals surface area (Å²) < 4.78 is 6.46. The fraction of sp³-hybridized carbons (Fsp3) is 0.333. The van der Waals surface area contributed by atoms with Gasteiger partial charge >= 0.3 is 6.03 Å². The average Bonchev–Trinajstić information content (AvgIpc) is 2.83. The summed E-state index contributed by atoms with van der Waals surface area (Å²) >= 11 is 0. The molecule has 0 unspecified atom stereocenters. The number of anilines is 1. The highest BCUT2D eigenvalue weighted by molar-refractivity contribution is 6.10. The Morgan fingerprint density at radius 1 is 1.03 bits per heavy atom. The molecule has 0 aliphatic carbocycles. The molecule has 2 aliphatic heterocycles. The van der Waals surface area contributed by atoms with E-state index in [0.29, 0.717) is 17.7 Å². The molecule has 3 aromatic carbocycles. The van der Waals surface area contributed by atoms with Gasteiger partial charge < -0.3 is 4.74 Å². The molecule has 2 heterocycles. The van der Waals surface area contributed by atoms with Crippen molar-refractivity contribution in [1.82, 2.24) is 4.90 Å². The molecule has 1 saturated heterocycles. The predicted molar refractivity (Wildman–Crippen MR) is 138 cm³/mol. The monoisotopic (exact) mass is 468 g/mol. The first-order valence-corrected chi connectivity index (χ1v) is 12.3. The number of urea groups is 1. The molecule has 0 spiro atoms. The first-order chi connectivity index (χ1) is 16.6. The largest absolute Gasteiger partial charge is 0.467 e. The van der Waals surface area contributed by atoms with Crippen LogP contribution < -0.4 is 9.64 Å². The normalized spacial score (nSPS) is 21.4. The van der Waals surface area contributed by atoms with Crippen LogP contribution in [0.25, 0.3) is 0 Å². The van der Waals surface area contributed by atoms with Crippen molar-refractivity contribution < 1.29 is 14.3 Å². The second-order valence-electron chi connectivity index (χ2n) is 10.7. The van der Waals surface area contributed by atoms with Crippen molar-refractivity contribution in [2.24, 2.45) is 0 Å². The minimum absolute atomic E-state index is 0.0227. The van der Waals surface area contributed by atoms with Gasteiger partial charge in [-0.15, -0.1) is 0 Å². The van der Waals surface area contributed by atoms with E-state index in [2.05, 4.69) is 27.7 Å². The van der Waals surface area contributed by atoms with Gasteiger partial charge in [0.2, 0.25) is 0 Å². The van der Waals surface area contributed by atoms with Crippen molar-refractivity contribution in [3.05, 3.63) is 95.1 Å². The Kier molecular flexibility index (Phi) is 5.47. The highest BCUT2D eigenvalue weighted by Gasteiger charge is 2.55. The van der Waals surface area contributed by atoms with Crippen LogP contribution >= 0.6 is 0 Å². The number of rotatable bonds is 3. The highest BCUT2D eigenvalue weighted by atomic mass is 16.5. The maximum atomic E-state index is 14.1. The smallest absolute Gasteiger partial charge is 0.335 e. The number of fused-ring (bicyclic) bond motifs is 4. The molecule has 35 heavy (non-hydrogen) atoms. The van der Waals surface area contributed by atoms with E-state index < -0.39 is 11.8 Å². The minimum atomic E-state index is -0.907. The summed E-state index contributed by atoms with van der Waals surface area (Å²) in [4.78, 5) is 31.1. The molecule has 2 atom stereocenters. The van der Waals surface area contributed by atoms with Crippen molar-refractivity contribution in [2.75, 3.05) is 4.90 Å². The topological polar surface area (TPSA) is 49.9 Å². The zero-order valence-electron chi connectivity index (χ0n) is 21.0. The van der Waals surface area contributed by atoms with Gasteiger partial charge in [-0.25, -0.2) is 4.79 Å². The van der Waals surface area contributed by atoms with Gasteiger partial charge in [0, 0.05) is 23.2 Å². The Morgan fingerprint density at radius 3 is 2.43 bits per heavy atom. The summed E-state index contributed by atoms with van der Waals surface area (Å²) in [5.41, 5.74) is 3.42. The summed E-state index contributed by atoms with van der Waals surface area (Å²) in [5.74, 6) is 0.409. The maximum Gasteiger partial charge on any atom is 0.335 e. The fourth-order valence-electron chi connectivity index (χ4n) is 5.19. The molecule has 2 bridgehead atoms. The van der Waals surface area contributed by atoms with Crippen molar-refractivity contribution in [3.8, 4) is 5.75 Å². The molecule has 0 aromatic heterocycles. The molecular weight excluding hydrogens is 436 g/mol. The van der Waals surface area contributed by atoms with Gasteiger partial charge in [0.05, 0.1) is 6.04 Å². The maximum absolute atomic E-state index is 14.1. The molecule has 3 aromatic rings. The zero-order chi connectivity index (χ0) is 25.0. The Morgan fingerprint density at radius 2 is 1.74 bits per heavy atom. The van der Waals surface area contributed by atoms with Crippen molar-refractivity contribution in [2.45, 2.75) is 64.6 Å². The van der Waals surface area contributed by atoms with Gasteiger partial charge in [-0.05, 0) is 60.2 Å². The third-order valence-electron chi connectivity index (χ3n) is 7.16. The lowest BCUT2D eigenvalue weighted by Crippen LogP contribution is -2.67. The number of imide groups is 1. The predicted octanol–water partition coefficient (Wildman–Crippen LogP) is 6.87. The van der Waals surface area contributed by atoms with E-state index in [0.717, 1.165) is 28.8 Å². The van der Waals surface area contributed by atoms with Crippen LogP contribution in [0.15, 0.2) is 72.8 Å². The number of aryl methyl sites for hydroxylation is 1. The molecule has 180 valence electrons. The molecule has 3 amide bonds. The van der Waals surface area contributed by atoms with Crippen LogP contribution in [0.4, 0.5) is 10.5 Å². The molecule has 2 aliphatic rings. The van der Waals surface area contributed by atoms with Crippen LogP contribution in [-0.4, -0.2) is 22.6 Å². The molecule has 1 fully saturated rings. The SMILES string of the molecule is CCc1cccc(N2C(=O)N(C(=O)c3ccc(C(C)(C)C)cc3)[C@@H]3C[C@]2(C)Oc2ccccc23)c1. The van der Waals surface area contributed by atoms with Crippen LogP contribution in [0.5, 0.6) is 5.75 Å². The number of para-hydroxylation sites is 1. The van der Waals surface area contributed by atoms with E-state index in [-0.39, 0.29) is 17.4 Å². The standard InChI is InChI=1S/C30H32N2O3/c1-6-20-10-9-11-23(18-20)32-28(34)31(27(33)21-14-16-22(17-15-21)29(2,3)4)25-19-30(32,5)35-26-13-8-7-12-24(25)26/h7-18,25H,6,19H2,1-5H3/t25-,30+/m1/s1. The van der Waals surface area contributed by atoms with E-state index in [9.17, 15) is 9.59 Å². The summed E-state index contributed by atoms with van der Waals surface area (Å²) in [7, 11) is 0. The van der Waals surface area contributed by atoms with E-state index >= 15 is 0 Å². The number of hydrogen-bond donors (Lipinski definition) is 0. The molecule has 0 radical (unpaired) electrons. The Balaban J connectivity index is 1.62. The van der Waals surface area contributed by atoms with E-state index in [1.165, 1.54) is 4.90 Å². The lowest BCUT2D eigenvalue weighted by atomic mass is 9.86. The number of benzene rings is 3. The summed E-state index contributed by atoms with van der Waals surface area (Å²) in [6, 6.07) is 22.5. The second kappa shape index (κ2) is 8.26. The zero-order valence-corrected chi connectivity index (χ0v) is 21.0. The van der Waals surface area contributed by atoms with E-state index in [1.807, 2.05) is 79.7 Å². The molecular formula is C30H32N2O3. The van der Waals surface area contributed by atoms with Crippen LogP contribution in [0.2, 0.25) is 0 Å². The van der Waals surface area contributed by atoms with Crippen molar-refractivity contribution in [3.63, 3.8) is 0 Å². The third kappa shape index (κ3) is 3.89. The van der Waals surface area contributed by atoms with E-state index in [4.69, 9.17) is 4.74 Å². The summed E-state index contributed by atoms with van der Waals surface area (Å²) in [6.45, 7) is 10.4. The Hall–Kier alpha value is -3.60. The van der Waals surface area contributed by atoms with Gasteiger partial charge in [0.15, 0.2) is 5.72 Å². The Labute approximate surface area is 207 Å². The number of carbonyl (C=O) groups excluding carboxylic acids is 2. The third-order valence-corrected chi connectivity index (χ3v) is 7.16. The number of amides is 3. The van der Waals surface area contributed by atoms with Crippen LogP contribution in [0.1, 0.15) is 74.1 Å². The number of nitrogens with zero attached hydrogens (tertiary/aromatic N) is 2. The van der Waals surface area contributed by atoms with Gasteiger partial charge in [0.25, 0.3) is 5.91 Å². The average molecular weight is 469 g/mol. The minimum Gasteiger partial charge on any atom is -0.467 e. The molecule has 0 N–H and O–H groups in total. The number of ether oxygens (including phenoxy) is 1. The van der Waals surface area contributed by atoms with Gasteiger partial charge in [-0.3, -0.25) is 14.6 Å². The first-order valence-electron chi connectivity index (χ1n) is 12.3. The Bertz CT molecular complexity index is 1290. The molecule has 5 rings (SSSR count). The molecule has 5 nitrogen and oxygen atoms in total. The first kappa shape index (κ1) is 23.2. The van der Waals surface area contributed by atoms with Crippen LogP contribution in [0, 0.1) is 0 Å². The quantitative estimate of drug-likeness (QED) is 0.421. The molecule has 5 heteroatoms. The van der Waals surface area contributed by atoms with Crippen molar-refractivity contribution >= 4 is 17.6 Å². The number of carbonyl (C=O) groups is 2. The summed E-state index contributed by atoms with van der Waals surface area (Å²) in [5, 5.41) is 0. The van der Waals surface area contributed by atoms with Crippen LogP contribution in [0.3, 0.4) is 0 Å². The van der Waals surface area contributed by atoms with E-state index in [1.54, 1.807) is 4.90 Å². The summed E-state index contributed by atoms with van der Waals surface area (Å²) in [6.07, 6.45) is 1.33. The lowest BCUT2D eigenvalue weighted by molar-refractivity contribution is 0.00267. The fourth-order valence-corrected chi connectivity index (χ4v) is 5.19. The van der Waals surface area contributed by atoms with Crippen LogP contribution in [-0.2, 0) is 11.8 Å². The van der Waals surface area contributed by atoms with Gasteiger partial charge in [-0.1, -0.05) is 70.2 Å². The van der Waals surface area contributed by atoms with Gasteiger partial charge in [-0.2, -0.15) is 0 Å². The molecule has 0 saturated carbocycles. The number of hydrogen-bond acceptors (Lipinski definition) is 3. The lowest BCUT2D eigenvalue weighted by Gasteiger charge is -2.53. The second-order valence-corrected chi connectivity index (χ2v) is 10.7. The van der Waals surface area contributed by atoms with Crippen molar-refractivity contribution in [1.29, 1.82) is 0 Å². The van der Waals surface area contributed by atoms with Gasteiger partial charge in [0.1, 0.15) is 5.75 Å².